The Morgan fingerprint density at radius 1 is 1.50 bits per heavy atom. The lowest BCUT2D eigenvalue weighted by atomic mass is 10.1. The topological polar surface area (TPSA) is 34.1 Å². The van der Waals surface area contributed by atoms with Crippen molar-refractivity contribution in [2.24, 2.45) is 5.92 Å². The first kappa shape index (κ1) is 11.3. The van der Waals surface area contributed by atoms with Crippen molar-refractivity contribution >= 4 is 12.4 Å². The van der Waals surface area contributed by atoms with Crippen molar-refractivity contribution in [3.05, 3.63) is 24.4 Å². The largest absolute Gasteiger partial charge is 0.477 e. The fraction of sp³-hybridized carbons (Fsp3) is 0.500. The predicted octanol–water partition coefficient (Wildman–Crippen LogP) is 1.49. The zero-order chi connectivity index (χ0) is 8.93. The van der Waals surface area contributed by atoms with Gasteiger partial charge in [-0.25, -0.2) is 4.98 Å². The van der Waals surface area contributed by atoms with Gasteiger partial charge in [0.05, 0.1) is 6.61 Å². The van der Waals surface area contributed by atoms with Crippen LogP contribution in [-0.4, -0.2) is 24.7 Å². The third-order valence-corrected chi connectivity index (χ3v) is 2.27. The zero-order valence-corrected chi connectivity index (χ0v) is 8.80. The van der Waals surface area contributed by atoms with Crippen LogP contribution in [0.1, 0.15) is 6.42 Å². The van der Waals surface area contributed by atoms with Crippen LogP contribution in [-0.2, 0) is 0 Å². The second-order valence-electron chi connectivity index (χ2n) is 3.34. The van der Waals surface area contributed by atoms with E-state index < -0.39 is 0 Å². The molecule has 3 nitrogen and oxygen atoms in total. The summed E-state index contributed by atoms with van der Waals surface area (Å²) in [6, 6.07) is 5.72. The van der Waals surface area contributed by atoms with E-state index in [9.17, 15) is 0 Å². The number of hydrogen-bond acceptors (Lipinski definition) is 3. The summed E-state index contributed by atoms with van der Waals surface area (Å²) in [5.41, 5.74) is 0. The molecule has 2 heterocycles. The van der Waals surface area contributed by atoms with E-state index in [-0.39, 0.29) is 12.4 Å². The highest BCUT2D eigenvalue weighted by Crippen LogP contribution is 2.10. The number of nitrogens with one attached hydrogen (secondary N) is 1. The van der Waals surface area contributed by atoms with Crippen molar-refractivity contribution in [3.8, 4) is 5.88 Å². The molecule has 0 saturated carbocycles. The maximum atomic E-state index is 5.54. The van der Waals surface area contributed by atoms with Crippen molar-refractivity contribution in [1.82, 2.24) is 10.3 Å². The lowest BCUT2D eigenvalue weighted by Gasteiger charge is -2.09. The summed E-state index contributed by atoms with van der Waals surface area (Å²) in [5, 5.41) is 3.31. The van der Waals surface area contributed by atoms with Gasteiger partial charge in [-0.2, -0.15) is 0 Å². The van der Waals surface area contributed by atoms with E-state index in [2.05, 4.69) is 10.3 Å². The normalized spacial score (nSPS) is 20.1. The van der Waals surface area contributed by atoms with E-state index in [1.54, 1.807) is 6.20 Å². The van der Waals surface area contributed by atoms with Gasteiger partial charge >= 0.3 is 0 Å². The zero-order valence-electron chi connectivity index (χ0n) is 7.98. The number of aromatic nitrogens is 1. The molecule has 1 fully saturated rings. The van der Waals surface area contributed by atoms with Gasteiger partial charge in [0.15, 0.2) is 0 Å². The minimum absolute atomic E-state index is 0. The third kappa shape index (κ3) is 3.16. The minimum Gasteiger partial charge on any atom is -0.477 e. The molecular weight excluding hydrogens is 200 g/mol. The van der Waals surface area contributed by atoms with E-state index in [1.165, 1.54) is 6.42 Å². The first-order chi connectivity index (χ1) is 6.45. The lowest BCUT2D eigenvalue weighted by molar-refractivity contribution is 0.251. The summed E-state index contributed by atoms with van der Waals surface area (Å²) in [4.78, 5) is 4.10. The molecule has 2 rings (SSSR count). The van der Waals surface area contributed by atoms with Gasteiger partial charge in [-0.1, -0.05) is 6.07 Å². The van der Waals surface area contributed by atoms with Crippen LogP contribution in [0.25, 0.3) is 0 Å². The summed E-state index contributed by atoms with van der Waals surface area (Å²) in [5.74, 6) is 1.39. The number of nitrogens with zero attached hydrogens (tertiary/aromatic N) is 1. The molecule has 0 bridgehead atoms. The molecule has 1 aliphatic rings. The Kier molecular flexibility index (Phi) is 4.70. The maximum absolute atomic E-state index is 5.54. The molecule has 1 unspecified atom stereocenters. The molecule has 1 atom stereocenters. The molecule has 0 aliphatic carbocycles. The molecule has 14 heavy (non-hydrogen) atoms. The highest BCUT2D eigenvalue weighted by Gasteiger charge is 2.14. The smallest absolute Gasteiger partial charge is 0.213 e. The molecule has 1 N–H and O–H groups in total. The molecular formula is C10H15ClN2O. The summed E-state index contributed by atoms with van der Waals surface area (Å²) in [6.45, 7) is 2.98. The van der Waals surface area contributed by atoms with Gasteiger partial charge in [-0.15, -0.1) is 12.4 Å². The van der Waals surface area contributed by atoms with Crippen LogP contribution in [0, 0.1) is 5.92 Å². The first-order valence-electron chi connectivity index (χ1n) is 4.70. The number of ether oxygens (including phenoxy) is 1. The highest BCUT2D eigenvalue weighted by molar-refractivity contribution is 5.85. The Morgan fingerprint density at radius 3 is 3.07 bits per heavy atom. The monoisotopic (exact) mass is 214 g/mol. The van der Waals surface area contributed by atoms with Crippen molar-refractivity contribution < 1.29 is 4.74 Å². The van der Waals surface area contributed by atoms with Crippen LogP contribution in [0.15, 0.2) is 24.4 Å². The van der Waals surface area contributed by atoms with Gasteiger partial charge in [-0.3, -0.25) is 0 Å². The van der Waals surface area contributed by atoms with E-state index in [0.717, 1.165) is 25.6 Å². The van der Waals surface area contributed by atoms with Gasteiger partial charge in [0.25, 0.3) is 0 Å². The molecule has 78 valence electrons. The second kappa shape index (κ2) is 5.83. The van der Waals surface area contributed by atoms with Crippen LogP contribution < -0.4 is 10.1 Å². The van der Waals surface area contributed by atoms with Crippen LogP contribution in [0.3, 0.4) is 0 Å². The quantitative estimate of drug-likeness (QED) is 0.828. The molecule has 1 saturated heterocycles. The van der Waals surface area contributed by atoms with Crippen LogP contribution in [0.4, 0.5) is 0 Å². The molecule has 0 radical (unpaired) electrons. The summed E-state index contributed by atoms with van der Waals surface area (Å²) in [7, 11) is 0. The van der Waals surface area contributed by atoms with E-state index in [0.29, 0.717) is 5.92 Å². The maximum Gasteiger partial charge on any atom is 0.213 e. The molecule has 0 aromatic carbocycles. The third-order valence-electron chi connectivity index (χ3n) is 2.27. The number of rotatable bonds is 3. The van der Waals surface area contributed by atoms with E-state index in [4.69, 9.17) is 4.74 Å². The fourth-order valence-corrected chi connectivity index (χ4v) is 1.49. The van der Waals surface area contributed by atoms with Gasteiger partial charge in [0.2, 0.25) is 5.88 Å². The lowest BCUT2D eigenvalue weighted by Crippen LogP contribution is -2.15. The fourth-order valence-electron chi connectivity index (χ4n) is 1.49. The standard InChI is InChI=1S/C10H14N2O.ClH/c1-2-5-12-10(3-1)13-8-9-4-6-11-7-9;/h1-3,5,9,11H,4,6-8H2;1H. The molecule has 4 heteroatoms. The number of halogens is 1. The minimum atomic E-state index is 0. The number of hydrogen-bond donors (Lipinski definition) is 1. The van der Waals surface area contributed by atoms with Gasteiger partial charge < -0.3 is 10.1 Å². The van der Waals surface area contributed by atoms with Crippen LogP contribution in [0.5, 0.6) is 5.88 Å². The van der Waals surface area contributed by atoms with E-state index in [1.807, 2.05) is 18.2 Å². The Bertz CT molecular complexity index is 250. The Labute approximate surface area is 90.3 Å². The number of pyridine rings is 1. The summed E-state index contributed by atoms with van der Waals surface area (Å²) in [6.07, 6.45) is 2.97. The SMILES string of the molecule is Cl.c1ccc(OCC2CCNC2)nc1. The van der Waals surface area contributed by atoms with E-state index >= 15 is 0 Å². The summed E-state index contributed by atoms with van der Waals surface area (Å²) < 4.78 is 5.54. The highest BCUT2D eigenvalue weighted by atomic mass is 35.5. The van der Waals surface area contributed by atoms with Gasteiger partial charge in [0, 0.05) is 24.7 Å². The van der Waals surface area contributed by atoms with Gasteiger partial charge in [-0.05, 0) is 19.0 Å². The molecule has 1 aromatic rings. The van der Waals surface area contributed by atoms with Gasteiger partial charge in [0.1, 0.15) is 0 Å². The summed E-state index contributed by atoms with van der Waals surface area (Å²) >= 11 is 0. The molecule has 1 aromatic heterocycles. The average Bonchev–Trinajstić information content (AvgIpc) is 2.69. The Morgan fingerprint density at radius 2 is 2.43 bits per heavy atom. The van der Waals surface area contributed by atoms with Crippen molar-refractivity contribution in [3.63, 3.8) is 0 Å². The van der Waals surface area contributed by atoms with Crippen molar-refractivity contribution in [2.75, 3.05) is 19.7 Å². The first-order valence-corrected chi connectivity index (χ1v) is 4.70. The second-order valence-corrected chi connectivity index (χ2v) is 3.34. The van der Waals surface area contributed by atoms with Crippen molar-refractivity contribution in [1.29, 1.82) is 0 Å². The average molecular weight is 215 g/mol. The Balaban J connectivity index is 0.000000980. The Hall–Kier alpha value is -0.800. The van der Waals surface area contributed by atoms with Crippen LogP contribution >= 0.6 is 12.4 Å². The van der Waals surface area contributed by atoms with Crippen LogP contribution in [0.2, 0.25) is 0 Å². The van der Waals surface area contributed by atoms with Crippen molar-refractivity contribution in [2.45, 2.75) is 6.42 Å². The predicted molar refractivity (Wildman–Crippen MR) is 58.0 cm³/mol. The molecule has 0 spiro atoms. The molecule has 0 amide bonds. The molecule has 1 aliphatic heterocycles.